The van der Waals surface area contributed by atoms with E-state index in [9.17, 15) is 4.79 Å². The minimum absolute atomic E-state index is 0.0690. The fraction of sp³-hybridized carbons (Fsp3) is 0.217. The number of ether oxygens (including phenoxy) is 1. The molecule has 0 aliphatic carbocycles. The first-order valence-electron chi connectivity index (χ1n) is 10.0. The van der Waals surface area contributed by atoms with Gasteiger partial charge in [0.15, 0.2) is 0 Å². The Morgan fingerprint density at radius 3 is 2.87 bits per heavy atom. The molecule has 3 aromatic heterocycles. The van der Waals surface area contributed by atoms with Crippen LogP contribution in [0.4, 0.5) is 0 Å². The monoisotopic (exact) mass is 431 g/mol. The van der Waals surface area contributed by atoms with Crippen molar-refractivity contribution in [2.45, 2.75) is 19.5 Å². The molecule has 0 radical (unpaired) electrons. The first-order chi connectivity index (χ1) is 15.2. The molecule has 156 valence electrons. The molecule has 0 bridgehead atoms. The molecule has 4 aromatic rings. The lowest BCUT2D eigenvalue weighted by Crippen LogP contribution is -2.35. The Labute approximate surface area is 183 Å². The van der Waals surface area contributed by atoms with Gasteiger partial charge in [0.25, 0.3) is 5.56 Å². The Morgan fingerprint density at radius 1 is 1.19 bits per heavy atom. The fourth-order valence-corrected chi connectivity index (χ4v) is 4.79. The Morgan fingerprint density at radius 2 is 2.03 bits per heavy atom. The lowest BCUT2D eigenvalue weighted by Gasteiger charge is -2.27. The summed E-state index contributed by atoms with van der Waals surface area (Å²) < 4.78 is 5.46. The van der Waals surface area contributed by atoms with Crippen molar-refractivity contribution in [3.8, 4) is 27.7 Å². The van der Waals surface area contributed by atoms with Crippen LogP contribution in [0.2, 0.25) is 0 Å². The molecule has 31 heavy (non-hydrogen) atoms. The van der Waals surface area contributed by atoms with Gasteiger partial charge in [0.1, 0.15) is 16.6 Å². The van der Waals surface area contributed by atoms with Gasteiger partial charge in [-0.05, 0) is 24.3 Å². The number of rotatable bonds is 5. The Hall–Kier alpha value is -3.36. The summed E-state index contributed by atoms with van der Waals surface area (Å²) in [6, 6.07) is 11.6. The van der Waals surface area contributed by atoms with Crippen molar-refractivity contribution in [1.29, 1.82) is 0 Å². The summed E-state index contributed by atoms with van der Waals surface area (Å²) in [5.41, 5.74) is 3.42. The number of benzene rings is 1. The van der Waals surface area contributed by atoms with E-state index in [0.717, 1.165) is 57.5 Å². The molecule has 1 aromatic carbocycles. The second-order valence-corrected chi connectivity index (χ2v) is 8.48. The summed E-state index contributed by atoms with van der Waals surface area (Å²) in [6.45, 7) is 2.18. The molecule has 0 atom stereocenters. The van der Waals surface area contributed by atoms with Gasteiger partial charge in [0, 0.05) is 55.1 Å². The highest BCUT2D eigenvalue weighted by atomic mass is 32.1. The molecule has 5 rings (SSSR count). The third-order valence-corrected chi connectivity index (χ3v) is 6.39. The molecule has 4 heterocycles. The van der Waals surface area contributed by atoms with E-state index in [-0.39, 0.29) is 5.56 Å². The summed E-state index contributed by atoms with van der Waals surface area (Å²) in [6.07, 6.45) is 6.06. The van der Waals surface area contributed by atoms with Crippen LogP contribution in [0.5, 0.6) is 5.75 Å². The van der Waals surface area contributed by atoms with Crippen LogP contribution in [0.3, 0.4) is 0 Å². The predicted molar refractivity (Wildman–Crippen MR) is 120 cm³/mol. The first-order valence-corrected chi connectivity index (χ1v) is 10.9. The molecule has 7 nitrogen and oxygen atoms in total. The van der Waals surface area contributed by atoms with E-state index in [1.807, 2.05) is 42.6 Å². The predicted octanol–water partition coefficient (Wildman–Crippen LogP) is 3.52. The van der Waals surface area contributed by atoms with E-state index >= 15 is 0 Å². The quantitative estimate of drug-likeness (QED) is 0.521. The topological polar surface area (TPSA) is 84.0 Å². The number of fused-ring (bicyclic) bond motifs is 1. The van der Waals surface area contributed by atoms with Gasteiger partial charge in [-0.25, -0.2) is 9.97 Å². The molecular formula is C23H21N5O2S. The van der Waals surface area contributed by atoms with Crippen LogP contribution in [0.15, 0.2) is 59.8 Å². The van der Waals surface area contributed by atoms with E-state index in [4.69, 9.17) is 9.72 Å². The second-order valence-electron chi connectivity index (χ2n) is 7.37. The van der Waals surface area contributed by atoms with Gasteiger partial charge in [-0.1, -0.05) is 12.1 Å². The number of para-hydroxylation sites is 1. The highest BCUT2D eigenvalue weighted by Gasteiger charge is 2.22. The van der Waals surface area contributed by atoms with Crippen molar-refractivity contribution in [3.05, 3.63) is 81.5 Å². The van der Waals surface area contributed by atoms with Gasteiger partial charge in [-0.3, -0.25) is 14.7 Å². The van der Waals surface area contributed by atoms with E-state index in [1.54, 1.807) is 30.8 Å². The van der Waals surface area contributed by atoms with Gasteiger partial charge in [0.2, 0.25) is 0 Å². The number of nitrogens with zero attached hydrogens (tertiary/aromatic N) is 4. The molecule has 0 saturated heterocycles. The lowest BCUT2D eigenvalue weighted by atomic mass is 10.1. The summed E-state index contributed by atoms with van der Waals surface area (Å²) >= 11 is 1.65. The number of H-pyrrole nitrogens is 1. The number of hydrogen-bond acceptors (Lipinski definition) is 7. The van der Waals surface area contributed by atoms with Crippen molar-refractivity contribution in [1.82, 2.24) is 24.8 Å². The summed E-state index contributed by atoms with van der Waals surface area (Å²) in [5.74, 6) is 1.42. The lowest BCUT2D eigenvalue weighted by molar-refractivity contribution is 0.244. The zero-order valence-corrected chi connectivity index (χ0v) is 17.9. The van der Waals surface area contributed by atoms with Crippen LogP contribution in [0, 0.1) is 0 Å². The standard InChI is InChI=1S/C23H21N5O2S/c1-30-20-5-3-2-4-17(20)23-25-12-16(31-23)13-28-11-8-19-18(14-28)22(29)27-21(26-19)15-6-9-24-10-7-15/h2-7,9-10,12H,8,11,13-14H2,1H3,(H,26,27,29). The van der Waals surface area contributed by atoms with E-state index < -0.39 is 0 Å². The Balaban J connectivity index is 1.34. The van der Waals surface area contributed by atoms with E-state index in [1.165, 1.54) is 0 Å². The molecule has 0 unspecified atom stereocenters. The number of hydrogen-bond donors (Lipinski definition) is 1. The van der Waals surface area contributed by atoms with Gasteiger partial charge in [-0.2, -0.15) is 0 Å². The smallest absolute Gasteiger partial charge is 0.255 e. The number of pyridine rings is 1. The largest absolute Gasteiger partial charge is 0.496 e. The van der Waals surface area contributed by atoms with Crippen molar-refractivity contribution in [2.75, 3.05) is 13.7 Å². The zero-order chi connectivity index (χ0) is 21.2. The van der Waals surface area contributed by atoms with Crippen LogP contribution in [-0.2, 0) is 19.5 Å². The van der Waals surface area contributed by atoms with Crippen molar-refractivity contribution >= 4 is 11.3 Å². The van der Waals surface area contributed by atoms with Gasteiger partial charge in [0.05, 0.1) is 23.9 Å². The third kappa shape index (κ3) is 3.99. The van der Waals surface area contributed by atoms with Crippen molar-refractivity contribution in [3.63, 3.8) is 0 Å². The first kappa shape index (κ1) is 19.6. The average molecular weight is 432 g/mol. The van der Waals surface area contributed by atoms with Crippen LogP contribution in [0.1, 0.15) is 16.1 Å². The zero-order valence-electron chi connectivity index (χ0n) is 17.0. The summed E-state index contributed by atoms with van der Waals surface area (Å²) in [7, 11) is 1.67. The highest BCUT2D eigenvalue weighted by molar-refractivity contribution is 7.15. The van der Waals surface area contributed by atoms with Gasteiger partial charge >= 0.3 is 0 Å². The number of nitrogens with one attached hydrogen (secondary N) is 1. The number of thiazole rings is 1. The summed E-state index contributed by atoms with van der Waals surface area (Å²) in [4.78, 5) is 32.4. The second kappa shape index (κ2) is 8.41. The average Bonchev–Trinajstić information content (AvgIpc) is 3.28. The Kier molecular flexibility index (Phi) is 5.31. The van der Waals surface area contributed by atoms with Crippen LogP contribution in [0.25, 0.3) is 22.0 Å². The maximum atomic E-state index is 12.8. The van der Waals surface area contributed by atoms with E-state index in [0.29, 0.717) is 12.4 Å². The molecule has 1 aliphatic rings. The van der Waals surface area contributed by atoms with Crippen LogP contribution >= 0.6 is 11.3 Å². The van der Waals surface area contributed by atoms with Gasteiger partial charge < -0.3 is 9.72 Å². The molecule has 8 heteroatoms. The van der Waals surface area contributed by atoms with Crippen LogP contribution < -0.4 is 10.3 Å². The fourth-order valence-electron chi connectivity index (χ4n) is 3.81. The molecule has 0 saturated carbocycles. The maximum absolute atomic E-state index is 12.8. The van der Waals surface area contributed by atoms with Crippen molar-refractivity contribution in [2.24, 2.45) is 0 Å². The summed E-state index contributed by atoms with van der Waals surface area (Å²) in [5, 5.41) is 0.936. The van der Waals surface area contributed by atoms with Gasteiger partial charge in [-0.15, -0.1) is 11.3 Å². The molecule has 0 amide bonds. The van der Waals surface area contributed by atoms with Crippen molar-refractivity contribution < 1.29 is 4.74 Å². The maximum Gasteiger partial charge on any atom is 0.255 e. The number of aromatic amines is 1. The third-order valence-electron chi connectivity index (χ3n) is 5.37. The highest BCUT2D eigenvalue weighted by Crippen LogP contribution is 2.33. The minimum Gasteiger partial charge on any atom is -0.496 e. The SMILES string of the molecule is COc1ccccc1-c1ncc(CN2CCc3nc(-c4ccncc4)[nH]c(=O)c3C2)s1. The molecule has 0 fully saturated rings. The molecule has 1 N–H and O–H groups in total. The Bertz CT molecular complexity index is 1270. The normalized spacial score (nSPS) is 13.7. The van der Waals surface area contributed by atoms with E-state index in [2.05, 4.69) is 19.9 Å². The molecular weight excluding hydrogens is 410 g/mol. The number of aromatic nitrogens is 4. The van der Waals surface area contributed by atoms with Crippen LogP contribution in [-0.4, -0.2) is 38.5 Å². The molecule has 0 spiro atoms. The number of methoxy groups -OCH3 is 1. The minimum atomic E-state index is -0.0690. The molecule has 1 aliphatic heterocycles.